The van der Waals surface area contributed by atoms with Gasteiger partial charge in [-0.2, -0.15) is 0 Å². The lowest BCUT2D eigenvalue weighted by Crippen LogP contribution is -2.15. The molecule has 1 fully saturated rings. The number of aliphatic hydroxyl groups excluding tert-OH is 1. The van der Waals surface area contributed by atoms with Crippen LogP contribution in [0.25, 0.3) is 0 Å². The third-order valence-electron chi connectivity index (χ3n) is 2.05. The van der Waals surface area contributed by atoms with Crippen LogP contribution >= 0.6 is 0 Å². The normalized spacial score (nSPS) is 43.6. The van der Waals surface area contributed by atoms with Crippen molar-refractivity contribution in [2.75, 3.05) is 6.61 Å². The van der Waals surface area contributed by atoms with Crippen LogP contribution in [-0.4, -0.2) is 31.7 Å². The van der Waals surface area contributed by atoms with Gasteiger partial charge in [-0.05, 0) is 12.3 Å². The topological polar surface area (TPSA) is 29.5 Å². The Bertz CT molecular complexity index is 87.1. The van der Waals surface area contributed by atoms with Gasteiger partial charge >= 0.3 is 0 Å². The van der Waals surface area contributed by atoms with E-state index in [0.717, 1.165) is 6.42 Å². The summed E-state index contributed by atoms with van der Waals surface area (Å²) >= 11 is 0. The van der Waals surface area contributed by atoms with E-state index in [1.165, 1.54) is 0 Å². The van der Waals surface area contributed by atoms with E-state index in [4.69, 9.17) is 9.84 Å². The Morgan fingerprint density at radius 3 is 2.67 bits per heavy atom. The minimum Gasteiger partial charge on any atom is -0.394 e. The molecule has 1 saturated heterocycles. The molecule has 1 heterocycles. The van der Waals surface area contributed by atoms with E-state index in [2.05, 4.69) is 14.8 Å². The molecule has 0 aromatic carbocycles. The van der Waals surface area contributed by atoms with Crippen LogP contribution in [0.15, 0.2) is 0 Å². The van der Waals surface area contributed by atoms with Crippen molar-refractivity contribution in [2.45, 2.75) is 25.5 Å². The smallest absolute Gasteiger partial charge is 0.139 e. The molecule has 52 valence electrons. The summed E-state index contributed by atoms with van der Waals surface area (Å²) in [6.07, 6.45) is 1.12. The maximum absolute atomic E-state index is 8.68. The number of hydrogen-bond donors (Lipinski definition) is 1. The Kier molecular flexibility index (Phi) is 2.14. The Balaban J connectivity index is 2.35. The first-order valence-corrected chi connectivity index (χ1v) is 3.50. The second-order valence-electron chi connectivity index (χ2n) is 2.86. The molecule has 3 atom stereocenters. The van der Waals surface area contributed by atoms with Crippen molar-refractivity contribution in [2.24, 2.45) is 5.92 Å². The Hall–Kier alpha value is -0.0151. The molecule has 0 radical (unpaired) electrons. The van der Waals surface area contributed by atoms with Crippen molar-refractivity contribution in [1.29, 1.82) is 0 Å². The maximum atomic E-state index is 8.68. The summed E-state index contributed by atoms with van der Waals surface area (Å²) in [6.45, 7) is 2.33. The zero-order chi connectivity index (χ0) is 6.85. The molecule has 1 aliphatic heterocycles. The monoisotopic (exact) mass is 128 g/mol. The lowest BCUT2D eigenvalue weighted by Gasteiger charge is -2.06. The number of ether oxygens (including phenoxy) is 1. The molecule has 1 unspecified atom stereocenters. The third-order valence-corrected chi connectivity index (χ3v) is 2.05. The summed E-state index contributed by atoms with van der Waals surface area (Å²) in [7, 11) is 2.06. The molecule has 3 heteroatoms. The van der Waals surface area contributed by atoms with Crippen LogP contribution in [0.3, 0.4) is 0 Å². The summed E-state index contributed by atoms with van der Waals surface area (Å²) in [5.74, 6) is 0.613. The lowest BCUT2D eigenvalue weighted by atomic mass is 9.88. The predicted molar refractivity (Wildman–Crippen MR) is 38.1 cm³/mol. The Morgan fingerprint density at radius 1 is 1.78 bits per heavy atom. The van der Waals surface area contributed by atoms with Gasteiger partial charge in [-0.25, -0.2) is 0 Å². The summed E-state index contributed by atoms with van der Waals surface area (Å²) in [5.41, 5.74) is 0. The van der Waals surface area contributed by atoms with Gasteiger partial charge in [0, 0.05) is 6.00 Å². The highest BCUT2D eigenvalue weighted by molar-refractivity contribution is 6.11. The van der Waals surface area contributed by atoms with Crippen molar-refractivity contribution in [3.8, 4) is 0 Å². The van der Waals surface area contributed by atoms with Crippen LogP contribution in [0.1, 0.15) is 13.3 Å². The lowest BCUT2D eigenvalue weighted by molar-refractivity contribution is 0.0405. The zero-order valence-electron chi connectivity index (χ0n) is 6.00. The molecule has 0 saturated carbocycles. The van der Waals surface area contributed by atoms with Crippen molar-refractivity contribution >= 4 is 7.85 Å². The fraction of sp³-hybridized carbons (Fsp3) is 1.00. The second kappa shape index (κ2) is 2.71. The molecule has 1 N–H and O–H groups in total. The van der Waals surface area contributed by atoms with Crippen molar-refractivity contribution in [3.63, 3.8) is 0 Å². The highest BCUT2D eigenvalue weighted by atomic mass is 16.5. The summed E-state index contributed by atoms with van der Waals surface area (Å²) < 4.78 is 5.37. The largest absolute Gasteiger partial charge is 0.394 e. The van der Waals surface area contributed by atoms with E-state index >= 15 is 0 Å². The van der Waals surface area contributed by atoms with Gasteiger partial charge in [0.25, 0.3) is 0 Å². The third kappa shape index (κ3) is 1.46. The molecule has 9 heavy (non-hydrogen) atoms. The highest BCUT2D eigenvalue weighted by Gasteiger charge is 2.27. The molecule has 0 spiro atoms. The van der Waals surface area contributed by atoms with Gasteiger partial charge in [-0.15, -0.1) is 0 Å². The van der Waals surface area contributed by atoms with E-state index in [1.54, 1.807) is 0 Å². The minimum atomic E-state index is 0.106. The van der Waals surface area contributed by atoms with Crippen LogP contribution in [-0.2, 0) is 4.74 Å². The molecule has 0 aromatic rings. The molecule has 0 aromatic heterocycles. The van der Waals surface area contributed by atoms with Gasteiger partial charge in [0.1, 0.15) is 7.85 Å². The predicted octanol–water partition coefficient (Wildman–Crippen LogP) is -0.637. The quantitative estimate of drug-likeness (QED) is 0.476. The second-order valence-corrected chi connectivity index (χ2v) is 2.86. The van der Waals surface area contributed by atoms with E-state index in [-0.39, 0.29) is 12.7 Å². The highest BCUT2D eigenvalue weighted by Crippen LogP contribution is 2.23. The van der Waals surface area contributed by atoms with E-state index < -0.39 is 0 Å². The van der Waals surface area contributed by atoms with Gasteiger partial charge in [-0.1, -0.05) is 6.92 Å². The van der Waals surface area contributed by atoms with Gasteiger partial charge < -0.3 is 9.84 Å². The number of rotatable bonds is 1. The molecule has 0 bridgehead atoms. The molecule has 0 aliphatic carbocycles. The standard InChI is InChI=1S/C6H13BO2/c1-4-2-5(3-8)9-6(4)7/h4-6,8H,2-3,7H2,1H3/t4-,5+,6?/m1/s1. The van der Waals surface area contributed by atoms with Crippen molar-refractivity contribution in [3.05, 3.63) is 0 Å². The van der Waals surface area contributed by atoms with E-state index in [9.17, 15) is 0 Å². The van der Waals surface area contributed by atoms with Crippen molar-refractivity contribution < 1.29 is 9.84 Å². The van der Waals surface area contributed by atoms with Crippen LogP contribution in [0.2, 0.25) is 0 Å². The summed E-state index contributed by atoms with van der Waals surface area (Å²) in [4.78, 5) is 0. The van der Waals surface area contributed by atoms with Gasteiger partial charge in [0.2, 0.25) is 0 Å². The molecule has 1 rings (SSSR count). The number of aliphatic hydroxyl groups is 1. The molecule has 0 amide bonds. The van der Waals surface area contributed by atoms with Crippen LogP contribution in [0.4, 0.5) is 0 Å². The van der Waals surface area contributed by atoms with Gasteiger partial charge in [0.15, 0.2) is 0 Å². The van der Waals surface area contributed by atoms with E-state index in [1.807, 2.05) is 0 Å². The fourth-order valence-corrected chi connectivity index (χ4v) is 1.22. The van der Waals surface area contributed by atoms with Gasteiger partial charge in [0.05, 0.1) is 12.7 Å². The SMILES string of the molecule is BC1O[C@H](CO)C[C@H]1C. The van der Waals surface area contributed by atoms with E-state index in [0.29, 0.717) is 11.9 Å². The molecule has 2 nitrogen and oxygen atoms in total. The van der Waals surface area contributed by atoms with Gasteiger partial charge in [-0.3, -0.25) is 0 Å². The Morgan fingerprint density at radius 2 is 2.44 bits per heavy atom. The first-order valence-electron chi connectivity index (χ1n) is 3.50. The van der Waals surface area contributed by atoms with Crippen LogP contribution < -0.4 is 0 Å². The van der Waals surface area contributed by atoms with Crippen molar-refractivity contribution in [1.82, 2.24) is 0 Å². The number of hydrogen-bond acceptors (Lipinski definition) is 2. The fourth-order valence-electron chi connectivity index (χ4n) is 1.22. The van der Waals surface area contributed by atoms with Crippen LogP contribution in [0, 0.1) is 5.92 Å². The summed E-state index contributed by atoms with van der Waals surface area (Å²) in [5, 5.41) is 8.68. The Labute approximate surface area is 56.6 Å². The zero-order valence-corrected chi connectivity index (χ0v) is 6.00. The minimum absolute atomic E-state index is 0.106. The average molecular weight is 128 g/mol. The average Bonchev–Trinajstić information content (AvgIpc) is 2.13. The molecule has 1 aliphatic rings. The van der Waals surface area contributed by atoms with Crippen LogP contribution in [0.5, 0.6) is 0 Å². The first-order chi connectivity index (χ1) is 4.24. The maximum Gasteiger partial charge on any atom is 0.139 e. The summed E-state index contributed by atoms with van der Waals surface area (Å²) in [6, 6.07) is 0.335. The first kappa shape index (κ1) is 7.10. The molecular weight excluding hydrogens is 115 g/mol. The molecular formula is C6H13BO2.